The molecule has 1 atom stereocenters. The molecule has 1 aliphatic rings. The summed E-state index contributed by atoms with van der Waals surface area (Å²) in [6.45, 7) is 3.15. The van der Waals surface area contributed by atoms with Crippen molar-refractivity contribution >= 4 is 16.6 Å². The van der Waals surface area contributed by atoms with E-state index < -0.39 is 0 Å². The van der Waals surface area contributed by atoms with E-state index in [1.165, 1.54) is 37.8 Å². The number of aryl methyl sites for hydroxylation is 1. The van der Waals surface area contributed by atoms with Crippen LogP contribution in [-0.2, 0) is 6.42 Å². The molecule has 0 aliphatic carbocycles. The van der Waals surface area contributed by atoms with E-state index in [0.29, 0.717) is 0 Å². The summed E-state index contributed by atoms with van der Waals surface area (Å²) in [6.07, 6.45) is 5.28. The Labute approximate surface area is 150 Å². The lowest BCUT2D eigenvalue weighted by molar-refractivity contribution is 0.399. The molecule has 3 nitrogen and oxygen atoms in total. The molecule has 130 valence electrons. The highest BCUT2D eigenvalue weighted by atomic mass is 14.9. The monoisotopic (exact) mass is 333 g/mol. The Bertz CT molecular complexity index is 793. The Morgan fingerprint density at radius 3 is 2.56 bits per heavy atom. The van der Waals surface area contributed by atoms with E-state index in [2.05, 4.69) is 40.6 Å². The maximum absolute atomic E-state index is 5.82. The first-order valence-corrected chi connectivity index (χ1v) is 9.11. The van der Waals surface area contributed by atoms with Crippen LogP contribution >= 0.6 is 0 Å². The standard InChI is InChI=1S/C12H17N.C10H10N2/c1-2-6-11(7-3-1)10-12-8-4-5-9-13-12;1-7-6-9(11)8-4-2-3-5-10(8)12-7/h1-3,6-7,12-13H,4-5,8-10H2;2-6H,1H3,(H2,11,12). The van der Waals surface area contributed by atoms with Crippen LogP contribution in [0.3, 0.4) is 0 Å². The molecule has 1 unspecified atom stereocenters. The molecule has 0 radical (unpaired) electrons. The van der Waals surface area contributed by atoms with Gasteiger partial charge in [-0.3, -0.25) is 4.98 Å². The second-order valence-electron chi connectivity index (χ2n) is 6.71. The van der Waals surface area contributed by atoms with Crippen LogP contribution < -0.4 is 11.1 Å². The molecule has 1 aliphatic heterocycles. The second-order valence-corrected chi connectivity index (χ2v) is 6.71. The minimum absolute atomic E-state index is 0.719. The van der Waals surface area contributed by atoms with Crippen molar-refractivity contribution in [2.45, 2.75) is 38.6 Å². The summed E-state index contributed by atoms with van der Waals surface area (Å²) in [6, 6.07) is 21.3. The Balaban J connectivity index is 0.000000146. The van der Waals surface area contributed by atoms with E-state index in [0.717, 1.165) is 28.3 Å². The first-order valence-electron chi connectivity index (χ1n) is 9.11. The highest BCUT2D eigenvalue weighted by molar-refractivity contribution is 5.90. The molecule has 3 N–H and O–H groups in total. The van der Waals surface area contributed by atoms with Gasteiger partial charge in [0, 0.05) is 22.8 Å². The van der Waals surface area contributed by atoms with Gasteiger partial charge in [-0.1, -0.05) is 55.0 Å². The average Bonchev–Trinajstić information content (AvgIpc) is 2.64. The normalized spacial score (nSPS) is 16.9. The highest BCUT2D eigenvalue weighted by Crippen LogP contribution is 2.19. The Kier molecular flexibility index (Phi) is 6.02. The molecule has 1 saturated heterocycles. The summed E-state index contributed by atoms with van der Waals surface area (Å²) >= 11 is 0. The Morgan fingerprint density at radius 1 is 1.04 bits per heavy atom. The summed E-state index contributed by atoms with van der Waals surface area (Å²) in [5, 5.41) is 4.60. The van der Waals surface area contributed by atoms with Gasteiger partial charge in [-0.25, -0.2) is 0 Å². The number of anilines is 1. The number of fused-ring (bicyclic) bond motifs is 1. The summed E-state index contributed by atoms with van der Waals surface area (Å²) in [7, 11) is 0. The fraction of sp³-hybridized carbons (Fsp3) is 0.318. The van der Waals surface area contributed by atoms with E-state index >= 15 is 0 Å². The predicted molar refractivity (Wildman–Crippen MR) is 107 cm³/mol. The van der Waals surface area contributed by atoms with Crippen molar-refractivity contribution in [1.82, 2.24) is 10.3 Å². The molecule has 4 rings (SSSR count). The minimum Gasteiger partial charge on any atom is -0.398 e. The molecule has 1 fully saturated rings. The number of para-hydroxylation sites is 1. The van der Waals surface area contributed by atoms with Gasteiger partial charge < -0.3 is 11.1 Å². The van der Waals surface area contributed by atoms with Crippen molar-refractivity contribution in [3.05, 3.63) is 71.9 Å². The number of benzene rings is 2. The van der Waals surface area contributed by atoms with Crippen LogP contribution in [-0.4, -0.2) is 17.6 Å². The first-order chi connectivity index (χ1) is 12.2. The molecule has 2 aromatic carbocycles. The van der Waals surface area contributed by atoms with Gasteiger partial charge in [0.1, 0.15) is 0 Å². The van der Waals surface area contributed by atoms with E-state index in [4.69, 9.17) is 5.73 Å². The van der Waals surface area contributed by atoms with Crippen molar-refractivity contribution in [2.24, 2.45) is 0 Å². The lowest BCUT2D eigenvalue weighted by Crippen LogP contribution is -2.35. The lowest BCUT2D eigenvalue weighted by Gasteiger charge is -2.23. The number of nitrogen functional groups attached to an aromatic ring is 1. The maximum Gasteiger partial charge on any atom is 0.0725 e. The van der Waals surface area contributed by atoms with Crippen LogP contribution in [0.1, 0.15) is 30.5 Å². The molecule has 0 spiro atoms. The van der Waals surface area contributed by atoms with Crippen molar-refractivity contribution in [2.75, 3.05) is 12.3 Å². The fourth-order valence-corrected chi connectivity index (χ4v) is 3.34. The SMILES string of the molecule is Cc1cc(N)c2ccccc2n1.c1ccc(CC2CCCCN2)cc1. The van der Waals surface area contributed by atoms with Crippen LogP contribution in [0.15, 0.2) is 60.7 Å². The number of piperidine rings is 1. The predicted octanol–water partition coefficient (Wildman–Crippen LogP) is 4.50. The van der Waals surface area contributed by atoms with Crippen molar-refractivity contribution in [3.63, 3.8) is 0 Å². The number of nitrogens with one attached hydrogen (secondary N) is 1. The van der Waals surface area contributed by atoms with Crippen LogP contribution in [0.2, 0.25) is 0 Å². The van der Waals surface area contributed by atoms with Gasteiger partial charge in [0.25, 0.3) is 0 Å². The molecule has 0 saturated carbocycles. The quantitative estimate of drug-likeness (QED) is 0.726. The molecule has 0 bridgehead atoms. The summed E-state index contributed by atoms with van der Waals surface area (Å²) in [5.41, 5.74) is 10.0. The van der Waals surface area contributed by atoms with Gasteiger partial charge in [-0.05, 0) is 50.4 Å². The van der Waals surface area contributed by atoms with E-state index in [1.807, 2.05) is 37.3 Å². The number of hydrogen-bond donors (Lipinski definition) is 2. The minimum atomic E-state index is 0.719. The van der Waals surface area contributed by atoms with Gasteiger partial charge in [0.2, 0.25) is 0 Å². The van der Waals surface area contributed by atoms with Gasteiger partial charge in [-0.2, -0.15) is 0 Å². The third-order valence-electron chi connectivity index (χ3n) is 4.61. The molecule has 1 aromatic heterocycles. The van der Waals surface area contributed by atoms with Gasteiger partial charge in [-0.15, -0.1) is 0 Å². The van der Waals surface area contributed by atoms with Crippen molar-refractivity contribution < 1.29 is 0 Å². The number of aromatic nitrogens is 1. The van der Waals surface area contributed by atoms with Crippen LogP contribution in [0, 0.1) is 6.92 Å². The molecular weight excluding hydrogens is 306 g/mol. The Morgan fingerprint density at radius 2 is 1.80 bits per heavy atom. The second kappa shape index (κ2) is 8.63. The number of nitrogens with two attached hydrogens (primary N) is 1. The molecule has 0 amide bonds. The molecular formula is C22H27N3. The van der Waals surface area contributed by atoms with Gasteiger partial charge >= 0.3 is 0 Å². The number of hydrogen-bond acceptors (Lipinski definition) is 3. The summed E-state index contributed by atoms with van der Waals surface area (Å²) in [5.74, 6) is 0. The smallest absolute Gasteiger partial charge is 0.0725 e. The zero-order valence-electron chi connectivity index (χ0n) is 14.9. The largest absolute Gasteiger partial charge is 0.398 e. The third kappa shape index (κ3) is 5.04. The topological polar surface area (TPSA) is 50.9 Å². The van der Waals surface area contributed by atoms with E-state index in [9.17, 15) is 0 Å². The zero-order chi connectivity index (χ0) is 17.5. The van der Waals surface area contributed by atoms with E-state index in [1.54, 1.807) is 0 Å². The fourth-order valence-electron chi connectivity index (χ4n) is 3.34. The maximum atomic E-state index is 5.82. The Hall–Kier alpha value is -2.39. The molecule has 25 heavy (non-hydrogen) atoms. The van der Waals surface area contributed by atoms with E-state index in [-0.39, 0.29) is 0 Å². The first kappa shape index (κ1) is 17.4. The van der Waals surface area contributed by atoms with Gasteiger partial charge in [0.05, 0.1) is 5.52 Å². The zero-order valence-corrected chi connectivity index (χ0v) is 14.9. The van der Waals surface area contributed by atoms with Gasteiger partial charge in [0.15, 0.2) is 0 Å². The summed E-state index contributed by atoms with van der Waals surface area (Å²) in [4.78, 5) is 4.36. The van der Waals surface area contributed by atoms with Crippen LogP contribution in [0.25, 0.3) is 10.9 Å². The lowest BCUT2D eigenvalue weighted by atomic mass is 9.98. The number of nitrogens with zero attached hydrogens (tertiary/aromatic N) is 1. The number of pyridine rings is 1. The average molecular weight is 333 g/mol. The number of rotatable bonds is 2. The molecule has 3 aromatic rings. The molecule has 3 heteroatoms. The van der Waals surface area contributed by atoms with Crippen molar-refractivity contribution in [1.29, 1.82) is 0 Å². The third-order valence-corrected chi connectivity index (χ3v) is 4.61. The van der Waals surface area contributed by atoms with Crippen LogP contribution in [0.4, 0.5) is 5.69 Å². The summed E-state index contributed by atoms with van der Waals surface area (Å²) < 4.78 is 0. The van der Waals surface area contributed by atoms with Crippen LogP contribution in [0.5, 0.6) is 0 Å². The highest BCUT2D eigenvalue weighted by Gasteiger charge is 2.12. The molecule has 2 heterocycles. The van der Waals surface area contributed by atoms with Crippen molar-refractivity contribution in [3.8, 4) is 0 Å².